The first-order chi connectivity index (χ1) is 5.38. The number of hydrogen-bond donors (Lipinski definition) is 0. The van der Waals surface area contributed by atoms with Crippen molar-refractivity contribution in [1.82, 2.24) is 0 Å². The summed E-state index contributed by atoms with van der Waals surface area (Å²) in [5.74, 6) is 0.641. The highest BCUT2D eigenvalue weighted by molar-refractivity contribution is 6.00. The van der Waals surface area contributed by atoms with Crippen molar-refractivity contribution in [3.05, 3.63) is 24.3 Å². The molecular formula is C7H7NO2Si. The van der Waals surface area contributed by atoms with E-state index in [1.54, 1.807) is 18.2 Å². The van der Waals surface area contributed by atoms with Crippen LogP contribution in [0.5, 0.6) is 5.75 Å². The first kappa shape index (κ1) is 7.72. The fourth-order valence-electron chi connectivity index (χ4n) is 0.771. The average Bonchev–Trinajstić information content (AvgIpc) is 2.06. The predicted molar refractivity (Wildman–Crippen MR) is 44.8 cm³/mol. The van der Waals surface area contributed by atoms with E-state index in [2.05, 4.69) is 4.99 Å². The smallest absolute Gasteiger partial charge is 0.240 e. The van der Waals surface area contributed by atoms with E-state index in [0.29, 0.717) is 21.9 Å². The normalized spacial score (nSPS) is 8.73. The zero-order valence-electron chi connectivity index (χ0n) is 6.07. The van der Waals surface area contributed by atoms with Crippen LogP contribution in [-0.4, -0.2) is 16.6 Å². The van der Waals surface area contributed by atoms with Crippen molar-refractivity contribution < 1.29 is 9.22 Å². The Morgan fingerprint density at radius 1 is 1.45 bits per heavy atom. The molecule has 0 aliphatic heterocycles. The number of aliphatic imine (C=N–C) groups is 1. The van der Waals surface area contributed by atoms with E-state index < -0.39 is 0 Å². The minimum Gasteiger partial charge on any atom is -0.552 e. The summed E-state index contributed by atoms with van der Waals surface area (Å²) >= 11 is 0. The molecule has 56 valence electrons. The molecule has 0 fully saturated rings. The molecule has 0 spiro atoms. The molecule has 0 radical (unpaired) electrons. The lowest BCUT2D eigenvalue weighted by molar-refractivity contribution is 0.564. The number of hydrogen-bond acceptors (Lipinski definition) is 3. The summed E-state index contributed by atoms with van der Waals surface area (Å²) in [6.07, 6.45) is 1.47. The lowest BCUT2D eigenvalue weighted by Gasteiger charge is -2.00. The summed E-state index contributed by atoms with van der Waals surface area (Å²) in [5.41, 5.74) is 0.539. The Labute approximate surface area is 67.3 Å². The second-order valence-electron chi connectivity index (χ2n) is 1.87. The van der Waals surface area contributed by atoms with Crippen molar-refractivity contribution in [1.29, 1.82) is 0 Å². The summed E-state index contributed by atoms with van der Waals surface area (Å²) < 4.78 is 5.06. The second-order valence-corrected chi connectivity index (χ2v) is 2.28. The molecule has 0 saturated heterocycles. The van der Waals surface area contributed by atoms with E-state index in [4.69, 9.17) is 4.43 Å². The maximum absolute atomic E-state index is 9.91. The van der Waals surface area contributed by atoms with Crippen LogP contribution >= 0.6 is 0 Å². The lowest BCUT2D eigenvalue weighted by atomic mass is 10.3. The van der Waals surface area contributed by atoms with Crippen molar-refractivity contribution in [2.24, 2.45) is 4.99 Å². The summed E-state index contributed by atoms with van der Waals surface area (Å²) in [6.45, 7) is 0. The first-order valence-corrected chi connectivity index (χ1v) is 3.91. The summed E-state index contributed by atoms with van der Waals surface area (Å²) in [6, 6.07) is 7.10. The lowest BCUT2D eigenvalue weighted by Crippen LogP contribution is -1.84. The van der Waals surface area contributed by atoms with Gasteiger partial charge >= 0.3 is 0 Å². The van der Waals surface area contributed by atoms with Crippen molar-refractivity contribution in [2.75, 3.05) is 0 Å². The molecule has 0 saturated carbocycles. The van der Waals surface area contributed by atoms with Crippen LogP contribution in [0, 0.1) is 0 Å². The zero-order chi connectivity index (χ0) is 8.10. The number of isocyanates is 1. The molecular weight excluding hydrogens is 158 g/mol. The van der Waals surface area contributed by atoms with Crippen LogP contribution in [-0.2, 0) is 4.79 Å². The van der Waals surface area contributed by atoms with Crippen molar-refractivity contribution in [3.63, 3.8) is 0 Å². The third kappa shape index (κ3) is 1.77. The molecule has 0 aliphatic carbocycles. The van der Waals surface area contributed by atoms with Crippen LogP contribution in [0.25, 0.3) is 0 Å². The SMILES string of the molecule is O=C=Nc1ccccc1O[SiH3]. The first-order valence-electron chi connectivity index (χ1n) is 3.09. The van der Waals surface area contributed by atoms with E-state index in [0.717, 1.165) is 0 Å². The van der Waals surface area contributed by atoms with Crippen LogP contribution in [0.1, 0.15) is 0 Å². The van der Waals surface area contributed by atoms with Gasteiger partial charge in [0, 0.05) is 0 Å². The molecule has 1 rings (SSSR count). The molecule has 3 nitrogen and oxygen atoms in total. The molecule has 0 N–H and O–H groups in total. The van der Waals surface area contributed by atoms with Gasteiger partial charge in [-0.2, -0.15) is 4.99 Å². The van der Waals surface area contributed by atoms with Gasteiger partial charge in [-0.3, -0.25) is 0 Å². The van der Waals surface area contributed by atoms with E-state index in [-0.39, 0.29) is 0 Å². The van der Waals surface area contributed by atoms with E-state index in [9.17, 15) is 4.79 Å². The molecule has 0 aromatic heterocycles. The predicted octanol–water partition coefficient (Wildman–Crippen LogP) is 0.313. The third-order valence-electron chi connectivity index (χ3n) is 1.25. The molecule has 0 unspecified atom stereocenters. The van der Waals surface area contributed by atoms with Crippen LogP contribution in [0.3, 0.4) is 0 Å². The summed E-state index contributed by atoms with van der Waals surface area (Å²) in [4.78, 5) is 13.4. The molecule has 0 atom stereocenters. The van der Waals surface area contributed by atoms with Gasteiger partial charge in [-0.25, -0.2) is 4.79 Å². The quantitative estimate of drug-likeness (QED) is 0.359. The van der Waals surface area contributed by atoms with Crippen molar-refractivity contribution in [3.8, 4) is 5.75 Å². The molecule has 11 heavy (non-hydrogen) atoms. The Bertz CT molecular complexity index is 294. The minimum absolute atomic E-state index is 0.539. The van der Waals surface area contributed by atoms with Gasteiger partial charge in [-0.05, 0) is 12.1 Å². The van der Waals surface area contributed by atoms with Crippen LogP contribution in [0.15, 0.2) is 29.3 Å². The standard InChI is InChI=1S/C7H7NO2Si/c9-5-8-6-3-1-2-4-7(6)10-11/h1-4H,11H3. The van der Waals surface area contributed by atoms with E-state index in [1.807, 2.05) is 6.07 Å². The Morgan fingerprint density at radius 2 is 2.18 bits per heavy atom. The number of nitrogens with zero attached hydrogens (tertiary/aromatic N) is 1. The number of rotatable bonds is 2. The van der Waals surface area contributed by atoms with Gasteiger partial charge in [0.25, 0.3) is 0 Å². The van der Waals surface area contributed by atoms with Gasteiger partial charge in [-0.15, -0.1) is 0 Å². The molecule has 4 heteroatoms. The second kappa shape index (κ2) is 3.70. The van der Waals surface area contributed by atoms with Crippen molar-refractivity contribution in [2.45, 2.75) is 0 Å². The number of para-hydroxylation sites is 2. The Kier molecular flexibility index (Phi) is 2.60. The van der Waals surface area contributed by atoms with Gasteiger partial charge < -0.3 is 4.43 Å². The Morgan fingerprint density at radius 3 is 2.82 bits per heavy atom. The monoisotopic (exact) mass is 165 g/mol. The molecule has 0 amide bonds. The highest BCUT2D eigenvalue weighted by Gasteiger charge is 1.96. The summed E-state index contributed by atoms with van der Waals surface area (Å²) in [7, 11) is 0.592. The van der Waals surface area contributed by atoms with Gasteiger partial charge in [0.15, 0.2) is 0 Å². The highest BCUT2D eigenvalue weighted by atomic mass is 28.2. The maximum Gasteiger partial charge on any atom is 0.240 e. The summed E-state index contributed by atoms with van der Waals surface area (Å²) in [5, 5.41) is 0. The molecule has 1 aromatic rings. The molecule has 0 aliphatic rings. The Balaban J connectivity index is 3.11. The van der Waals surface area contributed by atoms with E-state index >= 15 is 0 Å². The van der Waals surface area contributed by atoms with Crippen LogP contribution in [0.4, 0.5) is 5.69 Å². The third-order valence-corrected chi connectivity index (χ3v) is 1.69. The van der Waals surface area contributed by atoms with Gasteiger partial charge in [0.05, 0.1) is 0 Å². The van der Waals surface area contributed by atoms with Crippen molar-refractivity contribution >= 4 is 22.3 Å². The number of carbonyl (C=O) groups excluding carboxylic acids is 1. The maximum atomic E-state index is 9.91. The topological polar surface area (TPSA) is 38.7 Å². The van der Waals surface area contributed by atoms with Gasteiger partial charge in [-0.1, -0.05) is 12.1 Å². The fraction of sp³-hybridized carbons (Fsp3) is 0. The largest absolute Gasteiger partial charge is 0.552 e. The number of benzene rings is 1. The molecule has 0 heterocycles. The molecule has 1 aromatic carbocycles. The van der Waals surface area contributed by atoms with E-state index in [1.165, 1.54) is 6.08 Å². The Hall–Kier alpha value is -1.38. The highest BCUT2D eigenvalue weighted by Crippen LogP contribution is 2.24. The van der Waals surface area contributed by atoms with Crippen LogP contribution < -0.4 is 4.43 Å². The average molecular weight is 165 g/mol. The van der Waals surface area contributed by atoms with Gasteiger partial charge in [0.2, 0.25) is 16.6 Å². The molecule has 0 bridgehead atoms. The minimum atomic E-state index is 0.539. The van der Waals surface area contributed by atoms with Gasteiger partial charge in [0.1, 0.15) is 11.4 Å². The zero-order valence-corrected chi connectivity index (χ0v) is 8.07. The fourth-order valence-corrected chi connectivity index (χ4v) is 1.12. The van der Waals surface area contributed by atoms with Crippen LogP contribution in [0.2, 0.25) is 0 Å².